The van der Waals surface area contributed by atoms with E-state index in [1.54, 1.807) is 30.3 Å². The Bertz CT molecular complexity index is 932. The molecule has 0 saturated heterocycles. The van der Waals surface area contributed by atoms with Crippen molar-refractivity contribution in [1.29, 1.82) is 5.26 Å². The molecule has 0 aliphatic carbocycles. The highest BCUT2D eigenvalue weighted by molar-refractivity contribution is 5.91. The van der Waals surface area contributed by atoms with E-state index in [0.29, 0.717) is 30.0 Å². The molecule has 0 aromatic heterocycles. The molecule has 0 spiro atoms. The molecular formula is C22H19N3O2. The van der Waals surface area contributed by atoms with Crippen molar-refractivity contribution in [3.8, 4) is 17.6 Å². The molecule has 0 atom stereocenters. The van der Waals surface area contributed by atoms with Crippen molar-refractivity contribution in [2.45, 2.75) is 6.42 Å². The summed E-state index contributed by atoms with van der Waals surface area (Å²) >= 11 is 0. The first-order chi connectivity index (χ1) is 13.2. The molecule has 27 heavy (non-hydrogen) atoms. The molecule has 0 heterocycles. The molecule has 5 nitrogen and oxygen atoms in total. The molecule has 1 amide bonds. The summed E-state index contributed by atoms with van der Waals surface area (Å²) in [5, 5.41) is 14.9. The maximum atomic E-state index is 12.1. The minimum atomic E-state index is -0.0873. The maximum absolute atomic E-state index is 12.1. The lowest BCUT2D eigenvalue weighted by Crippen LogP contribution is -2.16. The number of anilines is 2. The monoisotopic (exact) mass is 357 g/mol. The second-order valence-corrected chi connectivity index (χ2v) is 5.86. The molecule has 0 radical (unpaired) electrons. The molecule has 0 fully saturated rings. The minimum absolute atomic E-state index is 0.0873. The SMILES string of the molecule is N#Cc1cccc(NCCC(=O)Nc2ccc(Oc3ccccc3)cc2)c1. The summed E-state index contributed by atoms with van der Waals surface area (Å²) in [4.78, 5) is 12.1. The summed E-state index contributed by atoms with van der Waals surface area (Å²) in [6.45, 7) is 0.482. The van der Waals surface area contributed by atoms with E-state index >= 15 is 0 Å². The van der Waals surface area contributed by atoms with Gasteiger partial charge in [-0.3, -0.25) is 4.79 Å². The molecule has 0 unspecified atom stereocenters. The van der Waals surface area contributed by atoms with Gasteiger partial charge in [0.25, 0.3) is 0 Å². The van der Waals surface area contributed by atoms with E-state index in [-0.39, 0.29) is 5.91 Å². The van der Waals surface area contributed by atoms with Gasteiger partial charge < -0.3 is 15.4 Å². The van der Waals surface area contributed by atoms with E-state index in [9.17, 15) is 4.79 Å². The standard InChI is InChI=1S/C22H19N3O2/c23-16-17-5-4-6-19(15-17)24-14-13-22(26)25-18-9-11-21(12-10-18)27-20-7-2-1-3-8-20/h1-12,15,24H,13-14H2,(H,25,26). The lowest BCUT2D eigenvalue weighted by Gasteiger charge is -2.09. The zero-order valence-corrected chi connectivity index (χ0v) is 14.7. The van der Waals surface area contributed by atoms with Gasteiger partial charge in [0, 0.05) is 24.3 Å². The Morgan fingerprint density at radius 3 is 2.37 bits per heavy atom. The average molecular weight is 357 g/mol. The van der Waals surface area contributed by atoms with Crippen molar-refractivity contribution < 1.29 is 9.53 Å². The van der Waals surface area contributed by atoms with E-state index in [2.05, 4.69) is 16.7 Å². The van der Waals surface area contributed by atoms with Crippen molar-refractivity contribution in [3.05, 3.63) is 84.4 Å². The van der Waals surface area contributed by atoms with E-state index < -0.39 is 0 Å². The first-order valence-corrected chi connectivity index (χ1v) is 8.60. The molecule has 0 bridgehead atoms. The Kier molecular flexibility index (Phi) is 6.05. The predicted molar refractivity (Wildman–Crippen MR) is 106 cm³/mol. The topological polar surface area (TPSA) is 74.2 Å². The number of rotatable bonds is 7. The molecule has 5 heteroatoms. The molecule has 3 aromatic carbocycles. The summed E-state index contributed by atoms with van der Waals surface area (Å²) in [5.74, 6) is 1.38. The number of hydrogen-bond acceptors (Lipinski definition) is 4. The highest BCUT2D eigenvalue weighted by Crippen LogP contribution is 2.22. The van der Waals surface area contributed by atoms with Gasteiger partial charge in [-0.05, 0) is 54.6 Å². The molecule has 134 valence electrons. The van der Waals surface area contributed by atoms with E-state index in [4.69, 9.17) is 10.00 Å². The van der Waals surface area contributed by atoms with Crippen LogP contribution in [0.25, 0.3) is 0 Å². The number of nitrogens with zero attached hydrogens (tertiary/aromatic N) is 1. The van der Waals surface area contributed by atoms with Gasteiger partial charge >= 0.3 is 0 Å². The van der Waals surface area contributed by atoms with Crippen LogP contribution in [0.3, 0.4) is 0 Å². The van der Waals surface area contributed by atoms with E-state index in [1.807, 2.05) is 48.5 Å². The minimum Gasteiger partial charge on any atom is -0.457 e. The van der Waals surface area contributed by atoms with E-state index in [1.165, 1.54) is 0 Å². The third-order valence-corrected chi connectivity index (χ3v) is 3.79. The fraction of sp³-hybridized carbons (Fsp3) is 0.0909. The summed E-state index contributed by atoms with van der Waals surface area (Å²) < 4.78 is 5.73. The van der Waals surface area contributed by atoms with Crippen LogP contribution in [0.4, 0.5) is 11.4 Å². The number of ether oxygens (including phenoxy) is 1. The quantitative estimate of drug-likeness (QED) is 0.637. The normalized spacial score (nSPS) is 9.89. The van der Waals surface area contributed by atoms with Gasteiger partial charge in [0.05, 0.1) is 11.6 Å². The smallest absolute Gasteiger partial charge is 0.226 e. The van der Waals surface area contributed by atoms with Gasteiger partial charge in [-0.1, -0.05) is 24.3 Å². The van der Waals surface area contributed by atoms with Crippen LogP contribution in [0.15, 0.2) is 78.9 Å². The van der Waals surface area contributed by atoms with Crippen LogP contribution >= 0.6 is 0 Å². The summed E-state index contributed by atoms with van der Waals surface area (Å²) in [7, 11) is 0. The van der Waals surface area contributed by atoms with Crippen LogP contribution in [0.5, 0.6) is 11.5 Å². The Labute approximate surface area is 158 Å². The number of benzene rings is 3. The number of hydrogen-bond donors (Lipinski definition) is 2. The van der Waals surface area contributed by atoms with Crippen LogP contribution < -0.4 is 15.4 Å². The Morgan fingerprint density at radius 1 is 0.889 bits per heavy atom. The van der Waals surface area contributed by atoms with Crippen LogP contribution in [-0.4, -0.2) is 12.5 Å². The van der Waals surface area contributed by atoms with Gasteiger partial charge in [-0.2, -0.15) is 5.26 Å². The number of amides is 1. The highest BCUT2D eigenvalue weighted by atomic mass is 16.5. The number of nitrogens with one attached hydrogen (secondary N) is 2. The zero-order valence-electron chi connectivity index (χ0n) is 14.7. The largest absolute Gasteiger partial charge is 0.457 e. The number of carbonyl (C=O) groups is 1. The zero-order chi connectivity index (χ0) is 18.9. The molecule has 2 N–H and O–H groups in total. The highest BCUT2D eigenvalue weighted by Gasteiger charge is 2.04. The summed E-state index contributed by atoms with van der Waals surface area (Å²) in [6, 6.07) is 26.0. The first kappa shape index (κ1) is 18.0. The molecule has 0 saturated carbocycles. The molecule has 3 aromatic rings. The van der Waals surface area contributed by atoms with Gasteiger partial charge in [0.15, 0.2) is 0 Å². The fourth-order valence-corrected chi connectivity index (χ4v) is 2.47. The number of nitriles is 1. The molecule has 3 rings (SSSR count). The van der Waals surface area contributed by atoms with Crippen molar-refractivity contribution in [3.63, 3.8) is 0 Å². The molecule has 0 aliphatic heterocycles. The summed E-state index contributed by atoms with van der Waals surface area (Å²) in [5.41, 5.74) is 2.12. The van der Waals surface area contributed by atoms with Crippen molar-refractivity contribution in [2.24, 2.45) is 0 Å². The Morgan fingerprint density at radius 2 is 1.63 bits per heavy atom. The van der Waals surface area contributed by atoms with Gasteiger partial charge in [-0.15, -0.1) is 0 Å². The first-order valence-electron chi connectivity index (χ1n) is 8.60. The number of carbonyl (C=O) groups excluding carboxylic acids is 1. The molecule has 0 aliphatic rings. The van der Waals surface area contributed by atoms with Crippen LogP contribution in [-0.2, 0) is 4.79 Å². The molecular weight excluding hydrogens is 338 g/mol. The fourth-order valence-electron chi connectivity index (χ4n) is 2.47. The van der Waals surface area contributed by atoms with Crippen LogP contribution in [0, 0.1) is 11.3 Å². The Hall–Kier alpha value is -3.78. The lowest BCUT2D eigenvalue weighted by atomic mass is 10.2. The van der Waals surface area contributed by atoms with Gasteiger partial charge in [-0.25, -0.2) is 0 Å². The maximum Gasteiger partial charge on any atom is 0.226 e. The predicted octanol–water partition coefficient (Wildman–Crippen LogP) is 4.79. The average Bonchev–Trinajstić information content (AvgIpc) is 2.70. The van der Waals surface area contributed by atoms with Gasteiger partial charge in [0.2, 0.25) is 5.91 Å². The van der Waals surface area contributed by atoms with Crippen LogP contribution in [0.2, 0.25) is 0 Å². The second-order valence-electron chi connectivity index (χ2n) is 5.86. The van der Waals surface area contributed by atoms with Gasteiger partial charge in [0.1, 0.15) is 11.5 Å². The van der Waals surface area contributed by atoms with Crippen LogP contribution in [0.1, 0.15) is 12.0 Å². The Balaban J connectivity index is 1.45. The third-order valence-electron chi connectivity index (χ3n) is 3.79. The summed E-state index contributed by atoms with van der Waals surface area (Å²) in [6.07, 6.45) is 0.318. The van der Waals surface area contributed by atoms with Crippen molar-refractivity contribution in [1.82, 2.24) is 0 Å². The van der Waals surface area contributed by atoms with Crippen molar-refractivity contribution in [2.75, 3.05) is 17.2 Å². The number of para-hydroxylation sites is 1. The third kappa shape index (κ3) is 5.62. The van der Waals surface area contributed by atoms with E-state index in [0.717, 1.165) is 11.4 Å². The lowest BCUT2D eigenvalue weighted by molar-refractivity contribution is -0.115. The second kappa shape index (κ2) is 9.07. The van der Waals surface area contributed by atoms with Crippen molar-refractivity contribution >= 4 is 17.3 Å².